The number of nitrogens with zero attached hydrogens (tertiary/aromatic N) is 3. The highest BCUT2D eigenvalue weighted by atomic mass is 32.2. The van der Waals surface area contributed by atoms with Gasteiger partial charge in [-0.3, -0.25) is 4.98 Å². The summed E-state index contributed by atoms with van der Waals surface area (Å²) in [6.07, 6.45) is 4.22. The molecule has 2 aliphatic heterocycles. The molecule has 4 heterocycles. The monoisotopic (exact) mass is 384 g/mol. The van der Waals surface area contributed by atoms with Crippen LogP contribution in [0.25, 0.3) is 11.0 Å². The molecule has 1 N–H and O–H groups in total. The minimum Gasteiger partial charge on any atom is -0.493 e. The first-order chi connectivity index (χ1) is 13.1. The zero-order valence-electron chi connectivity index (χ0n) is 14.8. The van der Waals surface area contributed by atoms with Crippen LogP contribution in [0.1, 0.15) is 5.56 Å². The zero-order chi connectivity index (χ0) is 18.4. The number of nitrogens with one attached hydrogen (secondary N) is 1. The third-order valence-electron chi connectivity index (χ3n) is 5.19. The third kappa shape index (κ3) is 2.67. The van der Waals surface area contributed by atoms with Gasteiger partial charge in [0.25, 0.3) is 10.0 Å². The number of benzene rings is 1. The molecule has 2 aromatic heterocycles. The van der Waals surface area contributed by atoms with Crippen LogP contribution in [0.5, 0.6) is 5.75 Å². The molecule has 7 nitrogen and oxygen atoms in total. The standard InChI is InChI=1S/C19H20N4O3S/c24-27(25,15-4-3-14-5-11-26-18(14)12-15)23-13-17(22-9-7-20-8-10-22)19-16(23)2-1-6-21-19/h1-4,6,12-13,20H,5,7-11H2. The number of piperazine rings is 1. The van der Waals surface area contributed by atoms with E-state index >= 15 is 0 Å². The van der Waals surface area contributed by atoms with E-state index < -0.39 is 10.0 Å². The number of anilines is 1. The molecule has 0 aliphatic carbocycles. The van der Waals surface area contributed by atoms with E-state index in [0.29, 0.717) is 23.4 Å². The van der Waals surface area contributed by atoms with Crippen molar-refractivity contribution in [2.75, 3.05) is 37.7 Å². The summed E-state index contributed by atoms with van der Waals surface area (Å²) >= 11 is 0. The van der Waals surface area contributed by atoms with E-state index in [1.54, 1.807) is 36.7 Å². The smallest absolute Gasteiger partial charge is 0.268 e. The minimum absolute atomic E-state index is 0.232. The van der Waals surface area contributed by atoms with Gasteiger partial charge in [0.1, 0.15) is 11.3 Å². The summed E-state index contributed by atoms with van der Waals surface area (Å²) in [5.74, 6) is 0.660. The minimum atomic E-state index is -3.75. The predicted molar refractivity (Wildman–Crippen MR) is 103 cm³/mol. The van der Waals surface area contributed by atoms with E-state index in [0.717, 1.165) is 43.9 Å². The van der Waals surface area contributed by atoms with Crippen LogP contribution in [0.2, 0.25) is 0 Å². The second-order valence-corrected chi connectivity index (χ2v) is 8.61. The molecule has 0 saturated carbocycles. The van der Waals surface area contributed by atoms with E-state index in [1.165, 1.54) is 3.97 Å². The maximum atomic E-state index is 13.4. The SMILES string of the molecule is O=S(=O)(c1ccc2c(c1)OCC2)n1cc(N2CCNCC2)c2ncccc21. The number of aromatic nitrogens is 2. The van der Waals surface area contributed by atoms with Crippen LogP contribution in [-0.2, 0) is 16.4 Å². The number of hydrogen-bond donors (Lipinski definition) is 1. The molecule has 1 fully saturated rings. The molecule has 0 atom stereocenters. The number of rotatable bonds is 3. The van der Waals surface area contributed by atoms with Gasteiger partial charge in [0.2, 0.25) is 0 Å². The number of fused-ring (bicyclic) bond motifs is 2. The highest BCUT2D eigenvalue weighted by Crippen LogP contribution is 2.33. The van der Waals surface area contributed by atoms with Crippen molar-refractivity contribution in [3.8, 4) is 5.75 Å². The van der Waals surface area contributed by atoms with E-state index in [-0.39, 0.29) is 4.90 Å². The van der Waals surface area contributed by atoms with Gasteiger partial charge >= 0.3 is 0 Å². The summed E-state index contributed by atoms with van der Waals surface area (Å²) < 4.78 is 33.7. The van der Waals surface area contributed by atoms with Crippen molar-refractivity contribution in [3.63, 3.8) is 0 Å². The van der Waals surface area contributed by atoms with Crippen molar-refractivity contribution in [2.45, 2.75) is 11.3 Å². The van der Waals surface area contributed by atoms with Crippen LogP contribution in [0, 0.1) is 0 Å². The Kier molecular flexibility index (Phi) is 3.84. The lowest BCUT2D eigenvalue weighted by atomic mass is 10.2. The Balaban J connectivity index is 1.66. The van der Waals surface area contributed by atoms with Gasteiger partial charge in [0, 0.05) is 51.1 Å². The Morgan fingerprint density at radius 2 is 2.00 bits per heavy atom. The van der Waals surface area contributed by atoms with Crippen molar-refractivity contribution >= 4 is 26.7 Å². The van der Waals surface area contributed by atoms with Crippen LogP contribution in [0.4, 0.5) is 5.69 Å². The highest BCUT2D eigenvalue weighted by molar-refractivity contribution is 7.90. The van der Waals surface area contributed by atoms with Gasteiger partial charge in [-0.1, -0.05) is 6.07 Å². The normalized spacial score (nSPS) is 17.1. The van der Waals surface area contributed by atoms with Crippen molar-refractivity contribution in [2.24, 2.45) is 0 Å². The molecular formula is C19H20N4O3S. The molecule has 0 radical (unpaired) electrons. The Hall–Kier alpha value is -2.58. The van der Waals surface area contributed by atoms with Crippen LogP contribution < -0.4 is 15.0 Å². The van der Waals surface area contributed by atoms with Crippen molar-refractivity contribution in [1.82, 2.24) is 14.3 Å². The molecule has 140 valence electrons. The van der Waals surface area contributed by atoms with Gasteiger partial charge in [-0.15, -0.1) is 0 Å². The number of ether oxygens (including phenoxy) is 1. The molecule has 0 amide bonds. The lowest BCUT2D eigenvalue weighted by Crippen LogP contribution is -2.43. The Morgan fingerprint density at radius 1 is 1.15 bits per heavy atom. The summed E-state index contributed by atoms with van der Waals surface area (Å²) in [6.45, 7) is 3.98. The number of hydrogen-bond acceptors (Lipinski definition) is 6. The fourth-order valence-electron chi connectivity index (χ4n) is 3.77. The molecular weight excluding hydrogens is 364 g/mol. The lowest BCUT2D eigenvalue weighted by molar-refractivity contribution is 0.356. The maximum absolute atomic E-state index is 13.4. The van der Waals surface area contributed by atoms with E-state index in [4.69, 9.17) is 4.74 Å². The van der Waals surface area contributed by atoms with Gasteiger partial charge in [-0.25, -0.2) is 12.4 Å². The first-order valence-electron chi connectivity index (χ1n) is 9.08. The first kappa shape index (κ1) is 16.6. The van der Waals surface area contributed by atoms with E-state index in [1.807, 2.05) is 6.07 Å². The maximum Gasteiger partial charge on any atom is 0.268 e. The van der Waals surface area contributed by atoms with E-state index in [2.05, 4.69) is 15.2 Å². The highest BCUT2D eigenvalue weighted by Gasteiger charge is 2.26. The molecule has 2 aliphatic rings. The topological polar surface area (TPSA) is 76.5 Å². The summed E-state index contributed by atoms with van der Waals surface area (Å²) in [5.41, 5.74) is 3.20. The molecule has 27 heavy (non-hydrogen) atoms. The van der Waals surface area contributed by atoms with Crippen LogP contribution >= 0.6 is 0 Å². The molecule has 0 unspecified atom stereocenters. The molecule has 5 rings (SSSR count). The third-order valence-corrected chi connectivity index (χ3v) is 6.86. The Labute approximate surface area is 157 Å². The van der Waals surface area contributed by atoms with Gasteiger partial charge in [0.15, 0.2) is 0 Å². The second kappa shape index (κ2) is 6.24. The second-order valence-electron chi connectivity index (χ2n) is 6.79. The van der Waals surface area contributed by atoms with Crippen molar-refractivity contribution < 1.29 is 13.2 Å². The largest absolute Gasteiger partial charge is 0.493 e. The summed E-state index contributed by atoms with van der Waals surface area (Å²) in [7, 11) is -3.75. The molecule has 1 aromatic carbocycles. The average Bonchev–Trinajstić information content (AvgIpc) is 3.33. The molecule has 0 bridgehead atoms. The molecule has 0 spiro atoms. The predicted octanol–water partition coefficient (Wildman–Crippen LogP) is 1.62. The van der Waals surface area contributed by atoms with E-state index in [9.17, 15) is 8.42 Å². The molecule has 1 saturated heterocycles. The van der Waals surface area contributed by atoms with Gasteiger partial charge in [0.05, 0.1) is 22.7 Å². The quantitative estimate of drug-likeness (QED) is 0.740. The first-order valence-corrected chi connectivity index (χ1v) is 10.5. The summed E-state index contributed by atoms with van der Waals surface area (Å²) in [6, 6.07) is 8.70. The summed E-state index contributed by atoms with van der Waals surface area (Å²) in [4.78, 5) is 6.89. The summed E-state index contributed by atoms with van der Waals surface area (Å²) in [5, 5.41) is 3.32. The Morgan fingerprint density at radius 3 is 2.85 bits per heavy atom. The van der Waals surface area contributed by atoms with Gasteiger partial charge < -0.3 is 15.0 Å². The number of pyridine rings is 1. The van der Waals surface area contributed by atoms with Crippen LogP contribution in [0.15, 0.2) is 47.6 Å². The van der Waals surface area contributed by atoms with Crippen molar-refractivity contribution in [1.29, 1.82) is 0 Å². The van der Waals surface area contributed by atoms with Crippen molar-refractivity contribution in [3.05, 3.63) is 48.3 Å². The van der Waals surface area contributed by atoms with Gasteiger partial charge in [-0.2, -0.15) is 0 Å². The molecule has 3 aromatic rings. The Bertz CT molecular complexity index is 1120. The lowest BCUT2D eigenvalue weighted by Gasteiger charge is -2.28. The fraction of sp³-hybridized carbons (Fsp3) is 0.316. The molecule has 8 heteroatoms. The van der Waals surface area contributed by atoms with Crippen LogP contribution in [0.3, 0.4) is 0 Å². The zero-order valence-corrected chi connectivity index (χ0v) is 15.6. The average molecular weight is 384 g/mol. The van der Waals surface area contributed by atoms with Crippen LogP contribution in [-0.4, -0.2) is 50.2 Å². The van der Waals surface area contributed by atoms with Gasteiger partial charge in [-0.05, 0) is 23.8 Å². The fourth-order valence-corrected chi connectivity index (χ4v) is 5.14.